The lowest BCUT2D eigenvalue weighted by atomic mass is 9.96. The predicted molar refractivity (Wildman–Crippen MR) is 73.8 cm³/mol. The van der Waals surface area contributed by atoms with Crippen molar-refractivity contribution in [3.05, 3.63) is 53.9 Å². The van der Waals surface area contributed by atoms with Crippen LogP contribution in [0.3, 0.4) is 0 Å². The number of rotatable bonds is 3. The number of hydrogen-bond acceptors (Lipinski definition) is 3. The third kappa shape index (κ3) is 2.38. The van der Waals surface area contributed by atoms with E-state index in [2.05, 4.69) is 11.9 Å². The van der Waals surface area contributed by atoms with Gasteiger partial charge in [0.2, 0.25) is 6.79 Å². The van der Waals surface area contributed by atoms with Gasteiger partial charge in [0.25, 0.3) is 0 Å². The molecule has 0 saturated heterocycles. The van der Waals surface area contributed by atoms with Crippen molar-refractivity contribution in [2.24, 2.45) is 0 Å². The Labute approximate surface area is 117 Å². The number of ether oxygens (including phenoxy) is 2. The fourth-order valence-corrected chi connectivity index (χ4v) is 2.43. The van der Waals surface area contributed by atoms with Gasteiger partial charge in [-0.2, -0.15) is 0 Å². The minimum Gasteiger partial charge on any atom is -0.454 e. The lowest BCUT2D eigenvalue weighted by molar-refractivity contribution is 0.174. The number of fused-ring (bicyclic) bond motifs is 1. The van der Waals surface area contributed by atoms with Gasteiger partial charge in [0.05, 0.1) is 5.38 Å². The maximum Gasteiger partial charge on any atom is 0.231 e. The molecule has 0 saturated carbocycles. The number of alkyl halides is 1. The van der Waals surface area contributed by atoms with Gasteiger partial charge in [-0.3, -0.25) is 4.98 Å². The third-order valence-electron chi connectivity index (χ3n) is 3.31. The van der Waals surface area contributed by atoms with Gasteiger partial charge < -0.3 is 9.47 Å². The Hall–Kier alpha value is -1.74. The summed E-state index contributed by atoms with van der Waals surface area (Å²) in [4.78, 5) is 4.36. The number of benzene rings is 1. The summed E-state index contributed by atoms with van der Waals surface area (Å²) in [6, 6.07) is 11.7. The summed E-state index contributed by atoms with van der Waals surface area (Å²) >= 11 is 6.56. The van der Waals surface area contributed by atoms with Crippen molar-refractivity contribution >= 4 is 11.6 Å². The van der Waals surface area contributed by atoms with Crippen molar-refractivity contribution in [3.63, 3.8) is 0 Å². The lowest BCUT2D eigenvalue weighted by Crippen LogP contribution is -2.04. The monoisotopic (exact) mass is 275 g/mol. The van der Waals surface area contributed by atoms with Crippen LogP contribution in [-0.2, 0) is 0 Å². The van der Waals surface area contributed by atoms with Crippen molar-refractivity contribution < 1.29 is 9.47 Å². The largest absolute Gasteiger partial charge is 0.454 e. The van der Waals surface area contributed by atoms with Gasteiger partial charge in [-0.1, -0.05) is 19.1 Å². The Morgan fingerprint density at radius 1 is 1.16 bits per heavy atom. The Balaban J connectivity index is 1.86. The molecule has 1 aromatic heterocycles. The number of hydrogen-bond donors (Lipinski definition) is 0. The van der Waals surface area contributed by atoms with Crippen LogP contribution >= 0.6 is 11.6 Å². The summed E-state index contributed by atoms with van der Waals surface area (Å²) < 4.78 is 10.7. The van der Waals surface area contributed by atoms with E-state index in [-0.39, 0.29) is 18.1 Å². The van der Waals surface area contributed by atoms with Gasteiger partial charge in [0.1, 0.15) is 0 Å². The molecular weight excluding hydrogens is 262 g/mol. The molecule has 19 heavy (non-hydrogen) atoms. The minimum absolute atomic E-state index is 0.128. The fraction of sp³-hybridized carbons (Fsp3) is 0.267. The molecule has 1 aliphatic heterocycles. The average molecular weight is 276 g/mol. The second-order valence-corrected chi connectivity index (χ2v) is 5.03. The van der Waals surface area contributed by atoms with Crippen LogP contribution < -0.4 is 9.47 Å². The molecule has 2 aromatic rings. The zero-order valence-electron chi connectivity index (χ0n) is 10.5. The maximum absolute atomic E-state index is 6.56. The van der Waals surface area contributed by atoms with Crippen LogP contribution in [0.1, 0.15) is 29.5 Å². The molecule has 2 unspecified atom stereocenters. The van der Waals surface area contributed by atoms with Crippen LogP contribution in [0.4, 0.5) is 0 Å². The highest BCUT2D eigenvalue weighted by molar-refractivity contribution is 6.21. The second kappa shape index (κ2) is 5.10. The van der Waals surface area contributed by atoms with Crippen LogP contribution in [0.2, 0.25) is 0 Å². The third-order valence-corrected chi connectivity index (χ3v) is 3.94. The zero-order chi connectivity index (χ0) is 13.2. The fourth-order valence-electron chi connectivity index (χ4n) is 2.17. The van der Waals surface area contributed by atoms with Gasteiger partial charge in [-0.15, -0.1) is 11.6 Å². The number of aromatic nitrogens is 1. The highest BCUT2D eigenvalue weighted by Gasteiger charge is 2.22. The molecule has 0 bridgehead atoms. The van der Waals surface area contributed by atoms with E-state index in [1.54, 1.807) is 6.20 Å². The Bertz CT molecular complexity index is 574. The molecule has 0 fully saturated rings. The van der Waals surface area contributed by atoms with E-state index in [1.165, 1.54) is 0 Å². The molecule has 3 rings (SSSR count). The predicted octanol–water partition coefficient (Wildman–Crippen LogP) is 3.89. The first-order chi connectivity index (χ1) is 9.25. The van der Waals surface area contributed by atoms with Crippen molar-refractivity contribution in [2.75, 3.05) is 6.79 Å². The quantitative estimate of drug-likeness (QED) is 0.796. The lowest BCUT2D eigenvalue weighted by Gasteiger charge is -2.18. The number of nitrogens with zero attached hydrogens (tertiary/aromatic N) is 1. The topological polar surface area (TPSA) is 31.4 Å². The molecule has 4 heteroatoms. The van der Waals surface area contributed by atoms with E-state index in [0.717, 1.165) is 22.8 Å². The highest BCUT2D eigenvalue weighted by atomic mass is 35.5. The molecule has 2 atom stereocenters. The van der Waals surface area contributed by atoms with E-state index in [0.29, 0.717) is 0 Å². The normalized spacial score (nSPS) is 16.1. The van der Waals surface area contributed by atoms with Crippen LogP contribution in [0.25, 0.3) is 0 Å². The molecular formula is C15H14ClNO2. The first kappa shape index (κ1) is 12.3. The summed E-state index contributed by atoms with van der Waals surface area (Å²) in [6.45, 7) is 2.35. The van der Waals surface area contributed by atoms with Crippen molar-refractivity contribution in [2.45, 2.75) is 18.2 Å². The van der Waals surface area contributed by atoms with Crippen LogP contribution in [0.5, 0.6) is 11.5 Å². The smallest absolute Gasteiger partial charge is 0.231 e. The van der Waals surface area contributed by atoms with E-state index >= 15 is 0 Å². The standard InChI is InChI=1S/C15H14ClNO2/c1-10(12-4-2-3-7-17-12)15(16)11-5-6-13-14(8-11)19-9-18-13/h2-8,10,15H,9H2,1H3. The molecule has 2 heterocycles. The molecule has 0 aliphatic carbocycles. The average Bonchev–Trinajstić information content (AvgIpc) is 2.94. The molecule has 0 radical (unpaired) electrons. The zero-order valence-corrected chi connectivity index (χ0v) is 11.3. The molecule has 0 spiro atoms. The summed E-state index contributed by atoms with van der Waals surface area (Å²) in [5.41, 5.74) is 2.00. The Kier molecular flexibility index (Phi) is 3.30. The van der Waals surface area contributed by atoms with E-state index in [4.69, 9.17) is 21.1 Å². The number of halogens is 1. The maximum atomic E-state index is 6.56. The minimum atomic E-state index is -0.149. The van der Waals surface area contributed by atoms with Gasteiger partial charge >= 0.3 is 0 Å². The summed E-state index contributed by atoms with van der Waals surface area (Å²) in [5.74, 6) is 1.66. The first-order valence-electron chi connectivity index (χ1n) is 6.20. The summed E-state index contributed by atoms with van der Waals surface area (Å²) in [7, 11) is 0. The van der Waals surface area contributed by atoms with E-state index in [1.807, 2.05) is 36.4 Å². The van der Waals surface area contributed by atoms with Crippen molar-refractivity contribution in [3.8, 4) is 11.5 Å². The van der Waals surface area contributed by atoms with Crippen LogP contribution in [0.15, 0.2) is 42.6 Å². The first-order valence-corrected chi connectivity index (χ1v) is 6.64. The molecule has 1 aliphatic rings. The summed E-state index contributed by atoms with van der Waals surface area (Å²) in [6.07, 6.45) is 1.79. The highest BCUT2D eigenvalue weighted by Crippen LogP contribution is 2.40. The SMILES string of the molecule is CC(c1ccccn1)C(Cl)c1ccc2c(c1)OCO2. The van der Waals surface area contributed by atoms with Crippen LogP contribution in [0, 0.1) is 0 Å². The summed E-state index contributed by atoms with van der Waals surface area (Å²) in [5, 5.41) is -0.149. The van der Waals surface area contributed by atoms with Crippen LogP contribution in [-0.4, -0.2) is 11.8 Å². The molecule has 98 valence electrons. The van der Waals surface area contributed by atoms with Gasteiger partial charge in [0, 0.05) is 17.8 Å². The van der Waals surface area contributed by atoms with Gasteiger partial charge in [-0.25, -0.2) is 0 Å². The molecule has 0 N–H and O–H groups in total. The molecule has 1 aromatic carbocycles. The van der Waals surface area contributed by atoms with Crippen molar-refractivity contribution in [1.29, 1.82) is 0 Å². The Morgan fingerprint density at radius 3 is 2.79 bits per heavy atom. The van der Waals surface area contributed by atoms with Crippen molar-refractivity contribution in [1.82, 2.24) is 4.98 Å². The van der Waals surface area contributed by atoms with Gasteiger partial charge in [0.15, 0.2) is 11.5 Å². The van der Waals surface area contributed by atoms with E-state index < -0.39 is 0 Å². The van der Waals surface area contributed by atoms with E-state index in [9.17, 15) is 0 Å². The molecule has 0 amide bonds. The Morgan fingerprint density at radius 2 is 2.00 bits per heavy atom. The number of pyridine rings is 1. The van der Waals surface area contributed by atoms with Gasteiger partial charge in [-0.05, 0) is 29.8 Å². The second-order valence-electron chi connectivity index (χ2n) is 4.56. The molecule has 3 nitrogen and oxygen atoms in total.